The largest absolute Gasteiger partial charge is 0.492 e. The summed E-state index contributed by atoms with van der Waals surface area (Å²) in [4.78, 5) is 41.3. The highest BCUT2D eigenvalue weighted by Gasteiger charge is 2.51. The van der Waals surface area contributed by atoms with Gasteiger partial charge in [0.15, 0.2) is 17.2 Å². The molecule has 3 aromatic rings. The fourth-order valence-electron chi connectivity index (χ4n) is 5.69. The Bertz CT molecular complexity index is 1570. The Morgan fingerprint density at radius 2 is 1.23 bits per heavy atom. The van der Waals surface area contributed by atoms with Crippen molar-refractivity contribution < 1.29 is 33.7 Å². The number of ether oxygens (including phenoxy) is 3. The van der Waals surface area contributed by atoms with Crippen molar-refractivity contribution in [2.45, 2.75) is 24.9 Å². The third-order valence-electron chi connectivity index (χ3n) is 7.92. The van der Waals surface area contributed by atoms with Gasteiger partial charge in [0.05, 0.1) is 34.6 Å². The van der Waals surface area contributed by atoms with Crippen molar-refractivity contribution in [3.63, 3.8) is 0 Å². The maximum atomic E-state index is 14.2. The van der Waals surface area contributed by atoms with E-state index in [0.29, 0.717) is 37.3 Å². The van der Waals surface area contributed by atoms with Crippen molar-refractivity contribution in [1.82, 2.24) is 0 Å². The predicted octanol–water partition coefficient (Wildman–Crippen LogP) is 6.60. The Hall–Kier alpha value is -2.53. The fourth-order valence-corrected chi connectivity index (χ4v) is 6.78. The molecule has 3 aliphatic heterocycles. The molecule has 3 aliphatic rings. The van der Waals surface area contributed by atoms with Gasteiger partial charge in [-0.25, -0.2) is 0 Å². The fraction of sp³-hybridized carbons (Fsp3) is 0.300. The number of rotatable bonds is 5. The summed E-state index contributed by atoms with van der Waals surface area (Å²) in [6, 6.07) is 15.6. The van der Waals surface area contributed by atoms with Gasteiger partial charge in [0.2, 0.25) is 5.78 Å². The molecule has 0 spiro atoms. The zero-order valence-electron chi connectivity index (χ0n) is 21.0. The van der Waals surface area contributed by atoms with Gasteiger partial charge in [-0.3, -0.25) is 14.4 Å². The number of Topliss-reactive ketones (excluding diaryl/α,β-unsaturated/α-hetero) is 3. The Balaban J connectivity index is 1.33. The molecule has 3 unspecified atom stereocenters. The molecule has 40 heavy (non-hydrogen) atoms. The molecule has 1 N–H and O–H groups in total. The Morgan fingerprint density at radius 3 is 1.85 bits per heavy atom. The Kier molecular flexibility index (Phi) is 7.17. The molecule has 0 saturated heterocycles. The summed E-state index contributed by atoms with van der Waals surface area (Å²) in [7, 11) is 0. The summed E-state index contributed by atoms with van der Waals surface area (Å²) in [6.45, 7) is -0.120. The van der Waals surface area contributed by atoms with E-state index < -0.39 is 22.7 Å². The average molecular weight is 735 g/mol. The van der Waals surface area contributed by atoms with E-state index in [2.05, 4.69) is 47.8 Å². The number of halogens is 3. The smallest absolute Gasteiger partial charge is 0.201 e. The second-order valence-corrected chi connectivity index (χ2v) is 13.3. The summed E-state index contributed by atoms with van der Waals surface area (Å²) >= 11 is 10.2. The van der Waals surface area contributed by atoms with Crippen LogP contribution in [0.1, 0.15) is 50.3 Å². The van der Waals surface area contributed by atoms with E-state index in [4.69, 9.17) is 14.2 Å². The molecule has 0 bridgehead atoms. The van der Waals surface area contributed by atoms with Gasteiger partial charge < -0.3 is 19.3 Å². The van der Waals surface area contributed by atoms with E-state index in [9.17, 15) is 19.5 Å². The summed E-state index contributed by atoms with van der Waals surface area (Å²) in [5.74, 6) is -0.0376. The van der Waals surface area contributed by atoms with Gasteiger partial charge in [-0.15, -0.1) is 0 Å². The highest BCUT2D eigenvalue weighted by Crippen LogP contribution is 2.46. The summed E-state index contributed by atoms with van der Waals surface area (Å²) in [6.07, 6.45) is 0.178. The van der Waals surface area contributed by atoms with E-state index in [1.54, 1.807) is 48.5 Å². The zero-order valence-corrected chi connectivity index (χ0v) is 25.8. The highest BCUT2D eigenvalue weighted by atomic mass is 79.9. The minimum Gasteiger partial charge on any atom is -0.492 e. The second kappa shape index (κ2) is 10.4. The van der Waals surface area contributed by atoms with Crippen molar-refractivity contribution in [2.75, 3.05) is 19.8 Å². The Labute approximate surface area is 255 Å². The van der Waals surface area contributed by atoms with Gasteiger partial charge in [0, 0.05) is 13.4 Å². The molecule has 0 aromatic heterocycles. The number of aliphatic hydroxyl groups is 1. The number of hydrogen-bond acceptors (Lipinski definition) is 7. The lowest BCUT2D eigenvalue weighted by molar-refractivity contribution is -0.0193. The van der Waals surface area contributed by atoms with Gasteiger partial charge in [-0.1, -0.05) is 47.8 Å². The molecule has 0 aliphatic carbocycles. The van der Waals surface area contributed by atoms with Gasteiger partial charge in [-0.05, 0) is 73.9 Å². The lowest BCUT2D eigenvalue weighted by Gasteiger charge is -2.41. The maximum Gasteiger partial charge on any atom is 0.201 e. The number of carbonyl (C=O) groups excluding carboxylic acids is 3. The standard InChI is InChI=1S/C30H23Br3O7/c31-17-1-4-23-20(9-17)26(34)16(13-38-23)12-29(14-39-24-5-2-18(32)10-21(24)27(29)35)7-8-30(37)15-40-25-6-3-19(33)11-22(25)28(30)36/h1-6,9-11,16,37H,7-8,12-15H2. The predicted molar refractivity (Wildman–Crippen MR) is 157 cm³/mol. The second-order valence-electron chi connectivity index (χ2n) is 10.5. The van der Waals surface area contributed by atoms with Crippen LogP contribution in [0.5, 0.6) is 17.2 Å². The first kappa shape index (κ1) is 27.6. The quantitative estimate of drug-likeness (QED) is 0.315. The normalized spacial score (nSPS) is 25.2. The third-order valence-corrected chi connectivity index (χ3v) is 9.40. The number of carbonyl (C=O) groups is 3. The van der Waals surface area contributed by atoms with Gasteiger partial charge in [-0.2, -0.15) is 0 Å². The van der Waals surface area contributed by atoms with Crippen LogP contribution < -0.4 is 14.2 Å². The topological polar surface area (TPSA) is 99.1 Å². The minimum absolute atomic E-state index is 0.00283. The molecule has 0 radical (unpaired) electrons. The number of hydrogen-bond donors (Lipinski definition) is 1. The summed E-state index contributed by atoms with van der Waals surface area (Å²) in [5.41, 5.74) is -1.92. The molecular formula is C30H23Br3O7. The van der Waals surface area contributed by atoms with Crippen molar-refractivity contribution in [3.8, 4) is 17.2 Å². The van der Waals surface area contributed by atoms with Crippen molar-refractivity contribution in [1.29, 1.82) is 0 Å². The molecule has 0 saturated carbocycles. The molecule has 7 nitrogen and oxygen atoms in total. The molecule has 0 amide bonds. The zero-order chi connectivity index (χ0) is 28.2. The lowest BCUT2D eigenvalue weighted by Crippen LogP contribution is -2.51. The van der Waals surface area contributed by atoms with E-state index >= 15 is 0 Å². The first-order valence-electron chi connectivity index (χ1n) is 12.7. The van der Waals surface area contributed by atoms with Crippen LogP contribution in [0.2, 0.25) is 0 Å². The SMILES string of the molecule is O=C1c2cc(Br)ccc2OCC1CC1(CCC2(O)COc3ccc(Br)cc3C2=O)COc2ccc(Br)cc2C1=O. The van der Waals surface area contributed by atoms with Gasteiger partial charge in [0.1, 0.15) is 30.5 Å². The van der Waals surface area contributed by atoms with E-state index in [1.807, 2.05) is 6.07 Å². The van der Waals surface area contributed by atoms with E-state index in [-0.39, 0.29) is 56.2 Å². The number of ketones is 3. The first-order chi connectivity index (χ1) is 19.1. The molecular weight excluding hydrogens is 712 g/mol. The molecule has 3 aromatic carbocycles. The Morgan fingerprint density at radius 1 is 0.700 bits per heavy atom. The van der Waals surface area contributed by atoms with Crippen LogP contribution >= 0.6 is 47.8 Å². The van der Waals surface area contributed by atoms with E-state index in [0.717, 1.165) is 4.47 Å². The van der Waals surface area contributed by atoms with Crippen molar-refractivity contribution in [3.05, 3.63) is 84.7 Å². The van der Waals surface area contributed by atoms with Crippen LogP contribution in [0.25, 0.3) is 0 Å². The van der Waals surface area contributed by atoms with Crippen LogP contribution in [-0.2, 0) is 0 Å². The molecule has 3 atom stereocenters. The number of benzene rings is 3. The van der Waals surface area contributed by atoms with Crippen LogP contribution in [0.15, 0.2) is 68.0 Å². The van der Waals surface area contributed by atoms with Gasteiger partial charge >= 0.3 is 0 Å². The monoisotopic (exact) mass is 732 g/mol. The molecule has 3 heterocycles. The number of fused-ring (bicyclic) bond motifs is 3. The van der Waals surface area contributed by atoms with Gasteiger partial charge in [0.25, 0.3) is 0 Å². The van der Waals surface area contributed by atoms with Crippen LogP contribution in [0.4, 0.5) is 0 Å². The molecule has 206 valence electrons. The van der Waals surface area contributed by atoms with Crippen LogP contribution in [0, 0.1) is 11.3 Å². The van der Waals surface area contributed by atoms with E-state index in [1.165, 1.54) is 0 Å². The molecule has 0 fully saturated rings. The minimum atomic E-state index is -1.84. The summed E-state index contributed by atoms with van der Waals surface area (Å²) in [5, 5.41) is 11.5. The lowest BCUT2D eigenvalue weighted by atomic mass is 9.67. The van der Waals surface area contributed by atoms with Crippen molar-refractivity contribution in [2.24, 2.45) is 11.3 Å². The van der Waals surface area contributed by atoms with Crippen LogP contribution in [0.3, 0.4) is 0 Å². The maximum absolute atomic E-state index is 14.2. The van der Waals surface area contributed by atoms with Crippen LogP contribution in [-0.4, -0.2) is 47.9 Å². The van der Waals surface area contributed by atoms with Crippen molar-refractivity contribution >= 4 is 65.1 Å². The average Bonchev–Trinajstić information content (AvgIpc) is 2.94. The molecule has 6 rings (SSSR count). The molecule has 10 heteroatoms. The first-order valence-corrected chi connectivity index (χ1v) is 15.1. The highest BCUT2D eigenvalue weighted by molar-refractivity contribution is 9.11. The summed E-state index contributed by atoms with van der Waals surface area (Å²) < 4.78 is 19.9. The third kappa shape index (κ3) is 4.82.